The van der Waals surface area contributed by atoms with Crippen LogP contribution in [0.5, 0.6) is 5.88 Å². The number of rotatable bonds is 4. The first-order valence-corrected chi connectivity index (χ1v) is 9.11. The van der Waals surface area contributed by atoms with E-state index in [0.717, 1.165) is 0 Å². The Hall–Kier alpha value is -2.84. The van der Waals surface area contributed by atoms with Crippen molar-refractivity contribution in [2.24, 2.45) is 5.92 Å². The van der Waals surface area contributed by atoms with Crippen LogP contribution in [0, 0.1) is 5.92 Å². The summed E-state index contributed by atoms with van der Waals surface area (Å²) in [6.07, 6.45) is 0.815. The number of piperidine rings is 1. The van der Waals surface area contributed by atoms with E-state index < -0.39 is 0 Å². The van der Waals surface area contributed by atoms with Gasteiger partial charge in [0.2, 0.25) is 23.6 Å². The Kier molecular flexibility index (Phi) is 5.78. The molecule has 9 heteroatoms. The first kappa shape index (κ1) is 18.9. The molecule has 2 aliphatic heterocycles. The van der Waals surface area contributed by atoms with Gasteiger partial charge in [-0.25, -0.2) is 0 Å². The molecule has 3 amide bonds. The molecule has 1 aromatic heterocycles. The second-order valence-corrected chi connectivity index (χ2v) is 6.75. The van der Waals surface area contributed by atoms with Gasteiger partial charge in [-0.05, 0) is 12.5 Å². The second-order valence-electron chi connectivity index (χ2n) is 6.75. The normalized spacial score (nSPS) is 20.1. The highest BCUT2D eigenvalue weighted by Gasteiger charge is 2.28. The van der Waals surface area contributed by atoms with Crippen molar-refractivity contribution in [2.45, 2.75) is 19.8 Å². The first-order valence-electron chi connectivity index (χ1n) is 9.11. The van der Waals surface area contributed by atoms with Gasteiger partial charge in [-0.1, -0.05) is 0 Å². The van der Waals surface area contributed by atoms with Crippen LogP contribution in [0.3, 0.4) is 0 Å². The maximum Gasteiger partial charge on any atom is 0.228 e. The highest BCUT2D eigenvalue weighted by molar-refractivity contribution is 5.97. The van der Waals surface area contributed by atoms with Gasteiger partial charge in [-0.2, -0.15) is 4.98 Å². The van der Waals surface area contributed by atoms with Crippen LogP contribution in [-0.2, 0) is 14.4 Å². The molecule has 1 aromatic rings. The summed E-state index contributed by atoms with van der Waals surface area (Å²) in [5, 5.41) is 5.66. The van der Waals surface area contributed by atoms with E-state index in [9.17, 15) is 14.4 Å². The fraction of sp³-hybridized carbons (Fsp3) is 0.556. The number of piperazine rings is 1. The number of anilines is 2. The molecule has 1 unspecified atom stereocenters. The van der Waals surface area contributed by atoms with Crippen LogP contribution < -0.4 is 20.3 Å². The van der Waals surface area contributed by atoms with Gasteiger partial charge in [-0.3, -0.25) is 14.4 Å². The third kappa shape index (κ3) is 4.47. The Morgan fingerprint density at radius 2 is 2.00 bits per heavy atom. The number of methoxy groups -OCH3 is 1. The van der Waals surface area contributed by atoms with Gasteiger partial charge >= 0.3 is 0 Å². The highest BCUT2D eigenvalue weighted by atomic mass is 16.5. The SMILES string of the molecule is COc1ccc(NC(=O)C2CCNC(=O)C2)c(N2CCN(C(C)=O)CC2)n1. The summed E-state index contributed by atoms with van der Waals surface area (Å²) < 4.78 is 5.23. The van der Waals surface area contributed by atoms with Gasteiger partial charge in [-0.15, -0.1) is 0 Å². The van der Waals surface area contributed by atoms with E-state index >= 15 is 0 Å². The minimum Gasteiger partial charge on any atom is -0.481 e. The molecule has 146 valence electrons. The molecule has 0 saturated carbocycles. The molecule has 9 nitrogen and oxygen atoms in total. The lowest BCUT2D eigenvalue weighted by Crippen LogP contribution is -2.48. The minimum absolute atomic E-state index is 0.0531. The molecule has 0 aromatic carbocycles. The van der Waals surface area contributed by atoms with Crippen molar-refractivity contribution < 1.29 is 19.1 Å². The molecule has 3 rings (SSSR count). The summed E-state index contributed by atoms with van der Waals surface area (Å²) in [4.78, 5) is 44.0. The zero-order valence-corrected chi connectivity index (χ0v) is 15.7. The van der Waals surface area contributed by atoms with E-state index in [4.69, 9.17) is 4.74 Å². The van der Waals surface area contributed by atoms with E-state index in [1.165, 1.54) is 0 Å². The van der Waals surface area contributed by atoms with E-state index in [0.29, 0.717) is 56.5 Å². The van der Waals surface area contributed by atoms with Crippen LogP contribution in [0.25, 0.3) is 0 Å². The topological polar surface area (TPSA) is 104 Å². The predicted octanol–water partition coefficient (Wildman–Crippen LogP) is 0.223. The molecule has 27 heavy (non-hydrogen) atoms. The molecular weight excluding hydrogens is 350 g/mol. The van der Waals surface area contributed by atoms with Gasteiger partial charge < -0.3 is 25.2 Å². The predicted molar refractivity (Wildman–Crippen MR) is 99.6 cm³/mol. The standard InChI is InChI=1S/C18H25N5O4/c1-12(24)22-7-9-23(10-8-22)17-14(3-4-16(21-17)27-2)20-18(26)13-5-6-19-15(25)11-13/h3-4,13H,5-11H2,1-2H3,(H,19,25)(H,20,26). The Balaban J connectivity index is 1.76. The Labute approximate surface area is 158 Å². The summed E-state index contributed by atoms with van der Waals surface area (Å²) >= 11 is 0. The lowest BCUT2D eigenvalue weighted by molar-refractivity contribution is -0.129. The van der Waals surface area contributed by atoms with Crippen molar-refractivity contribution in [3.05, 3.63) is 12.1 Å². The highest BCUT2D eigenvalue weighted by Crippen LogP contribution is 2.28. The molecule has 0 radical (unpaired) electrons. The first-order chi connectivity index (χ1) is 13.0. The Morgan fingerprint density at radius 1 is 1.26 bits per heavy atom. The third-order valence-electron chi connectivity index (χ3n) is 4.96. The van der Waals surface area contributed by atoms with Crippen molar-refractivity contribution in [3.63, 3.8) is 0 Å². The maximum atomic E-state index is 12.6. The van der Waals surface area contributed by atoms with Crippen molar-refractivity contribution >= 4 is 29.2 Å². The molecule has 2 fully saturated rings. The molecule has 2 N–H and O–H groups in total. The molecule has 0 aliphatic carbocycles. The van der Waals surface area contributed by atoms with E-state index in [-0.39, 0.29) is 30.1 Å². The quantitative estimate of drug-likeness (QED) is 0.780. The van der Waals surface area contributed by atoms with Gasteiger partial charge in [0.1, 0.15) is 0 Å². The van der Waals surface area contributed by atoms with Gasteiger partial charge in [0.25, 0.3) is 0 Å². The number of pyridine rings is 1. The number of carbonyl (C=O) groups is 3. The van der Waals surface area contributed by atoms with Crippen LogP contribution in [0.4, 0.5) is 11.5 Å². The molecule has 0 spiro atoms. The number of aromatic nitrogens is 1. The zero-order valence-electron chi connectivity index (χ0n) is 15.7. The summed E-state index contributed by atoms with van der Waals surface area (Å²) in [6.45, 7) is 4.51. The van der Waals surface area contributed by atoms with Crippen LogP contribution in [0.2, 0.25) is 0 Å². The number of carbonyl (C=O) groups excluding carboxylic acids is 3. The average molecular weight is 375 g/mol. The van der Waals surface area contributed by atoms with Crippen molar-refractivity contribution in [3.8, 4) is 5.88 Å². The summed E-state index contributed by atoms with van der Waals surface area (Å²) in [6, 6.07) is 3.46. The molecule has 2 aliphatic rings. The fourth-order valence-corrected chi connectivity index (χ4v) is 3.36. The molecule has 2 saturated heterocycles. The molecule has 0 bridgehead atoms. The van der Waals surface area contributed by atoms with E-state index in [2.05, 4.69) is 15.6 Å². The Bertz CT molecular complexity index is 730. The van der Waals surface area contributed by atoms with E-state index in [1.807, 2.05) is 4.90 Å². The van der Waals surface area contributed by atoms with Gasteiger partial charge in [0, 0.05) is 58.1 Å². The monoisotopic (exact) mass is 375 g/mol. The number of ether oxygens (including phenoxy) is 1. The van der Waals surface area contributed by atoms with Crippen LogP contribution in [0.1, 0.15) is 19.8 Å². The van der Waals surface area contributed by atoms with Crippen LogP contribution >= 0.6 is 0 Å². The number of amides is 3. The van der Waals surface area contributed by atoms with Gasteiger partial charge in [0.05, 0.1) is 12.8 Å². The molecule has 3 heterocycles. The largest absolute Gasteiger partial charge is 0.481 e. The third-order valence-corrected chi connectivity index (χ3v) is 4.96. The lowest BCUT2D eigenvalue weighted by atomic mass is 9.96. The lowest BCUT2D eigenvalue weighted by Gasteiger charge is -2.35. The Morgan fingerprint density at radius 3 is 2.63 bits per heavy atom. The van der Waals surface area contributed by atoms with Crippen molar-refractivity contribution in [2.75, 3.05) is 50.1 Å². The maximum absolute atomic E-state index is 12.6. The zero-order chi connectivity index (χ0) is 19.4. The van der Waals surface area contributed by atoms with Crippen molar-refractivity contribution in [1.29, 1.82) is 0 Å². The minimum atomic E-state index is -0.344. The smallest absolute Gasteiger partial charge is 0.228 e. The van der Waals surface area contributed by atoms with Crippen molar-refractivity contribution in [1.82, 2.24) is 15.2 Å². The van der Waals surface area contributed by atoms with Crippen LogP contribution in [0.15, 0.2) is 12.1 Å². The summed E-state index contributed by atoms with van der Waals surface area (Å²) in [7, 11) is 1.54. The summed E-state index contributed by atoms with van der Waals surface area (Å²) in [5.74, 6) is 0.496. The molecular formula is C18H25N5O4. The number of nitrogens with zero attached hydrogens (tertiary/aromatic N) is 3. The van der Waals surface area contributed by atoms with Crippen LogP contribution in [-0.4, -0.2) is 67.4 Å². The second kappa shape index (κ2) is 8.24. The fourth-order valence-electron chi connectivity index (χ4n) is 3.36. The number of nitrogens with one attached hydrogen (secondary N) is 2. The number of hydrogen-bond donors (Lipinski definition) is 2. The van der Waals surface area contributed by atoms with Gasteiger partial charge in [0.15, 0.2) is 5.82 Å². The summed E-state index contributed by atoms with van der Waals surface area (Å²) in [5.41, 5.74) is 0.586. The average Bonchev–Trinajstić information content (AvgIpc) is 2.68. The number of hydrogen-bond acceptors (Lipinski definition) is 6. The van der Waals surface area contributed by atoms with E-state index in [1.54, 1.807) is 31.1 Å². The molecule has 1 atom stereocenters.